The Kier molecular flexibility index (Phi) is 4.14. The predicted octanol–water partition coefficient (Wildman–Crippen LogP) is 3.36. The molecule has 0 radical (unpaired) electrons. The van der Waals surface area contributed by atoms with Gasteiger partial charge in [0, 0.05) is 42.0 Å². The monoisotopic (exact) mass is 430 g/mol. The highest BCUT2D eigenvalue weighted by Crippen LogP contribution is 2.51. The number of ether oxygens (including phenoxy) is 1. The number of nitrogens with one attached hydrogen (secondary N) is 1. The number of likely N-dealkylation sites (N-methyl/N-ethyl adjacent to an activating group) is 1. The second-order valence-electron chi connectivity index (χ2n) is 9.20. The molecule has 2 aliphatic carbocycles. The van der Waals surface area contributed by atoms with Crippen molar-refractivity contribution < 1.29 is 14.6 Å². The smallest absolute Gasteiger partial charge is 0.337 e. The second-order valence-corrected chi connectivity index (χ2v) is 9.20. The minimum atomic E-state index is -0.870. The molecule has 1 aromatic carbocycles. The van der Waals surface area contributed by atoms with Crippen LogP contribution in [0.25, 0.3) is 22.5 Å². The van der Waals surface area contributed by atoms with Gasteiger partial charge in [0.15, 0.2) is 0 Å². The largest absolute Gasteiger partial charge is 0.490 e. The Bertz CT molecular complexity index is 1260. The van der Waals surface area contributed by atoms with E-state index in [4.69, 9.17) is 15.5 Å². The zero-order valence-electron chi connectivity index (χ0n) is 18.1. The summed E-state index contributed by atoms with van der Waals surface area (Å²) in [6.07, 6.45) is 5.27. The summed E-state index contributed by atoms with van der Waals surface area (Å²) in [5.74, 6) is -0.00341. The number of hydrogen-bond acceptors (Lipinski definition) is 5. The number of aryl methyl sites for hydroxylation is 1. The molecule has 2 aromatic heterocycles. The van der Waals surface area contributed by atoms with E-state index in [-0.39, 0.29) is 5.41 Å². The number of hydrogen-bond donors (Lipinski definition) is 3. The number of H-pyrrole nitrogens is 1. The van der Waals surface area contributed by atoms with Gasteiger partial charge in [0.1, 0.15) is 12.4 Å². The number of aromatic carboxylic acids is 1. The predicted molar refractivity (Wildman–Crippen MR) is 123 cm³/mol. The van der Waals surface area contributed by atoms with Crippen LogP contribution >= 0.6 is 0 Å². The normalized spacial score (nSPS) is 17.8. The van der Waals surface area contributed by atoms with Gasteiger partial charge in [-0.1, -0.05) is 6.07 Å². The van der Waals surface area contributed by atoms with Gasteiger partial charge in [-0.2, -0.15) is 0 Å². The highest BCUT2D eigenvalue weighted by molar-refractivity contribution is 5.95. The van der Waals surface area contributed by atoms with Gasteiger partial charge < -0.3 is 25.5 Å². The number of carboxylic acid groups (broad SMARTS) is 1. The summed E-state index contributed by atoms with van der Waals surface area (Å²) < 4.78 is 5.87. The molecule has 1 aliphatic heterocycles. The average Bonchev–Trinajstić information content (AvgIpc) is 3.50. The number of aromatic amines is 1. The third-order valence-corrected chi connectivity index (χ3v) is 7.34. The van der Waals surface area contributed by atoms with Crippen molar-refractivity contribution in [3.8, 4) is 28.3 Å². The molecule has 164 valence electrons. The molecule has 7 nitrogen and oxygen atoms in total. The molecule has 32 heavy (non-hydrogen) atoms. The van der Waals surface area contributed by atoms with Crippen molar-refractivity contribution in [2.45, 2.75) is 31.1 Å². The first-order valence-electron chi connectivity index (χ1n) is 11.2. The number of aromatic nitrogens is 2. The molecule has 0 amide bonds. The van der Waals surface area contributed by atoms with Gasteiger partial charge in [0.2, 0.25) is 0 Å². The van der Waals surface area contributed by atoms with E-state index in [2.05, 4.69) is 35.1 Å². The third-order valence-electron chi connectivity index (χ3n) is 7.34. The van der Waals surface area contributed by atoms with E-state index in [9.17, 15) is 9.90 Å². The van der Waals surface area contributed by atoms with Gasteiger partial charge in [0.05, 0.1) is 29.2 Å². The maximum absolute atomic E-state index is 12.2. The Hall–Kier alpha value is -3.32. The number of fused-ring (bicyclic) bond motifs is 4. The molecule has 0 spiro atoms. The van der Waals surface area contributed by atoms with E-state index < -0.39 is 5.97 Å². The van der Waals surface area contributed by atoms with E-state index in [0.29, 0.717) is 25.1 Å². The van der Waals surface area contributed by atoms with Crippen molar-refractivity contribution in [3.63, 3.8) is 0 Å². The lowest BCUT2D eigenvalue weighted by atomic mass is 9.87. The van der Waals surface area contributed by atoms with Crippen LogP contribution in [0.3, 0.4) is 0 Å². The van der Waals surface area contributed by atoms with Crippen LogP contribution in [0.15, 0.2) is 30.5 Å². The van der Waals surface area contributed by atoms with Crippen LogP contribution in [0.2, 0.25) is 0 Å². The lowest BCUT2D eigenvalue weighted by Gasteiger charge is -2.28. The van der Waals surface area contributed by atoms with E-state index in [1.54, 1.807) is 0 Å². The molecule has 1 saturated carbocycles. The molecule has 0 unspecified atom stereocenters. The van der Waals surface area contributed by atoms with Crippen LogP contribution in [0.4, 0.5) is 5.69 Å². The third kappa shape index (κ3) is 2.77. The minimum Gasteiger partial charge on any atom is -0.490 e. The molecule has 3 heterocycles. The highest BCUT2D eigenvalue weighted by Gasteiger charge is 2.48. The lowest BCUT2D eigenvalue weighted by Crippen LogP contribution is -2.28. The van der Waals surface area contributed by atoms with Crippen molar-refractivity contribution in [2.24, 2.45) is 5.73 Å². The first-order chi connectivity index (χ1) is 15.5. The van der Waals surface area contributed by atoms with Gasteiger partial charge in [-0.3, -0.25) is 4.98 Å². The maximum Gasteiger partial charge on any atom is 0.337 e. The number of carboxylic acids is 1. The van der Waals surface area contributed by atoms with E-state index in [1.165, 1.54) is 0 Å². The van der Waals surface area contributed by atoms with Gasteiger partial charge in [-0.15, -0.1) is 0 Å². The van der Waals surface area contributed by atoms with Crippen LogP contribution < -0.4 is 15.4 Å². The zero-order valence-corrected chi connectivity index (χ0v) is 18.1. The summed E-state index contributed by atoms with van der Waals surface area (Å²) in [4.78, 5) is 22.6. The van der Waals surface area contributed by atoms with Gasteiger partial charge in [-0.25, -0.2) is 4.79 Å². The molecular formula is C25H26N4O3. The Morgan fingerprint density at radius 2 is 2.16 bits per heavy atom. The highest BCUT2D eigenvalue weighted by atomic mass is 16.5. The topological polar surface area (TPSA) is 104 Å². The van der Waals surface area contributed by atoms with Gasteiger partial charge in [0.25, 0.3) is 0 Å². The number of benzene rings is 1. The van der Waals surface area contributed by atoms with E-state index in [0.717, 1.165) is 76.6 Å². The number of nitrogens with zero attached hydrogens (tertiary/aromatic N) is 2. The number of pyridine rings is 1. The lowest BCUT2D eigenvalue weighted by molar-refractivity contribution is 0.0694. The standard InChI is InChI=1S/C25H26N4O3/c1-29-8-9-32-20-10-14(3-5-19(20)29)18-11-17-15(12-27-18)2-4-16-21(24(30)31)23(28-22(16)17)25(13-26)6-7-25/h3,5,10-12,28H,2,4,6-9,13,26H2,1H3,(H,30,31). The van der Waals surface area contributed by atoms with E-state index >= 15 is 0 Å². The fourth-order valence-electron chi connectivity index (χ4n) is 5.21. The number of anilines is 1. The zero-order chi connectivity index (χ0) is 22.0. The Balaban J connectivity index is 1.47. The average molecular weight is 431 g/mol. The van der Waals surface area contributed by atoms with Crippen LogP contribution in [-0.4, -0.2) is 47.8 Å². The number of carbonyl (C=O) groups is 1. The number of rotatable bonds is 4. The summed E-state index contributed by atoms with van der Waals surface area (Å²) in [6.45, 7) is 2.00. The van der Waals surface area contributed by atoms with Gasteiger partial charge >= 0.3 is 5.97 Å². The van der Waals surface area contributed by atoms with Gasteiger partial charge in [-0.05, 0) is 55.0 Å². The molecule has 0 bridgehead atoms. The second kappa shape index (κ2) is 6.84. The van der Waals surface area contributed by atoms with Crippen molar-refractivity contribution >= 4 is 11.7 Å². The summed E-state index contributed by atoms with van der Waals surface area (Å²) in [6, 6.07) is 8.26. The fraction of sp³-hybridized carbons (Fsp3) is 0.360. The van der Waals surface area contributed by atoms with E-state index in [1.807, 2.05) is 12.3 Å². The molecule has 4 N–H and O–H groups in total. The molecule has 3 aliphatic rings. The van der Waals surface area contributed by atoms with Crippen molar-refractivity contribution in [1.29, 1.82) is 0 Å². The first kappa shape index (κ1) is 19.4. The van der Waals surface area contributed by atoms with Crippen molar-refractivity contribution in [2.75, 3.05) is 31.6 Å². The number of nitrogens with two attached hydrogens (primary N) is 1. The summed E-state index contributed by atoms with van der Waals surface area (Å²) >= 11 is 0. The molecular weight excluding hydrogens is 404 g/mol. The minimum absolute atomic E-state index is 0.219. The quantitative estimate of drug-likeness (QED) is 0.586. The van der Waals surface area contributed by atoms with Crippen molar-refractivity contribution in [3.05, 3.63) is 52.8 Å². The van der Waals surface area contributed by atoms with Crippen molar-refractivity contribution in [1.82, 2.24) is 9.97 Å². The Morgan fingerprint density at radius 1 is 1.31 bits per heavy atom. The SMILES string of the molecule is CN1CCOc2cc(-c3cc4c(cn3)CCc3c-4[nH]c(C4(CN)CC4)c3C(=O)O)ccc21. The van der Waals surface area contributed by atoms with Crippen LogP contribution in [0.5, 0.6) is 5.75 Å². The summed E-state index contributed by atoms with van der Waals surface area (Å²) in [5, 5.41) is 10.0. The molecule has 1 fully saturated rings. The summed E-state index contributed by atoms with van der Waals surface area (Å²) in [5.41, 5.74) is 14.0. The molecule has 3 aromatic rings. The fourth-order valence-corrected chi connectivity index (χ4v) is 5.21. The molecule has 7 heteroatoms. The van der Waals surface area contributed by atoms with Crippen LogP contribution in [-0.2, 0) is 18.3 Å². The van der Waals surface area contributed by atoms with Crippen LogP contribution in [0.1, 0.15) is 40.0 Å². The summed E-state index contributed by atoms with van der Waals surface area (Å²) in [7, 11) is 2.07. The Labute approximate surface area is 186 Å². The Morgan fingerprint density at radius 3 is 2.91 bits per heavy atom. The maximum atomic E-state index is 12.2. The van der Waals surface area contributed by atoms with Crippen LogP contribution in [0, 0.1) is 0 Å². The molecule has 0 saturated heterocycles. The first-order valence-corrected chi connectivity index (χ1v) is 11.2. The molecule has 6 rings (SSSR count). The molecule has 0 atom stereocenters.